The summed E-state index contributed by atoms with van der Waals surface area (Å²) < 4.78 is 1.17. The van der Waals surface area contributed by atoms with Crippen LogP contribution in [0, 0.1) is 0 Å². The maximum absolute atomic E-state index is 3.47. The minimum Gasteiger partial charge on any atom is -0.297 e. The summed E-state index contributed by atoms with van der Waals surface area (Å²) >= 11 is 3.47. The average molecular weight is 268 g/mol. The van der Waals surface area contributed by atoms with Crippen LogP contribution in [-0.2, 0) is 0 Å². The maximum atomic E-state index is 3.47. The Morgan fingerprint density at radius 1 is 1.13 bits per heavy atom. The number of likely N-dealkylation sites (tertiary alicyclic amines) is 1. The molecule has 1 aliphatic heterocycles. The molecule has 0 aromatic heterocycles. The van der Waals surface area contributed by atoms with Crippen molar-refractivity contribution >= 4 is 15.9 Å². The summed E-state index contributed by atoms with van der Waals surface area (Å²) in [5, 5.41) is 0. The van der Waals surface area contributed by atoms with E-state index in [-0.39, 0.29) is 0 Å². The molecule has 2 rings (SSSR count). The Balaban J connectivity index is 1.98. The quantitative estimate of drug-likeness (QED) is 0.751. The van der Waals surface area contributed by atoms with E-state index in [1.54, 1.807) is 0 Å². The summed E-state index contributed by atoms with van der Waals surface area (Å²) in [6.45, 7) is 9.25. The largest absolute Gasteiger partial charge is 0.297 e. The summed E-state index contributed by atoms with van der Waals surface area (Å²) in [4.78, 5) is 2.53. The fourth-order valence-electron chi connectivity index (χ4n) is 1.97. The molecule has 0 radical (unpaired) electrons. The number of benzene rings is 1. The molecule has 82 valence electrons. The highest BCUT2D eigenvalue weighted by Crippen LogP contribution is 2.32. The fourth-order valence-corrected chi connectivity index (χ4v) is 2.24. The predicted molar refractivity (Wildman–Crippen MR) is 68.2 cm³/mol. The third-order valence-electron chi connectivity index (χ3n) is 3.17. The second-order valence-electron chi connectivity index (χ2n) is 5.32. The van der Waals surface area contributed by atoms with E-state index in [0.717, 1.165) is 5.92 Å². The van der Waals surface area contributed by atoms with Gasteiger partial charge in [-0.1, -0.05) is 28.1 Å². The molecule has 1 aliphatic rings. The topological polar surface area (TPSA) is 3.24 Å². The normalized spacial score (nSPS) is 18.9. The van der Waals surface area contributed by atoms with Crippen molar-refractivity contribution in [2.24, 2.45) is 0 Å². The van der Waals surface area contributed by atoms with Gasteiger partial charge in [-0.2, -0.15) is 0 Å². The number of nitrogens with zero attached hydrogens (tertiary/aromatic N) is 1. The molecule has 0 bridgehead atoms. The Morgan fingerprint density at radius 2 is 1.67 bits per heavy atom. The van der Waals surface area contributed by atoms with Crippen LogP contribution in [0.3, 0.4) is 0 Å². The zero-order valence-electron chi connectivity index (χ0n) is 9.63. The Bertz CT molecular complexity index is 331. The highest BCUT2D eigenvalue weighted by atomic mass is 79.9. The van der Waals surface area contributed by atoms with Crippen LogP contribution in [0.4, 0.5) is 0 Å². The highest BCUT2D eigenvalue weighted by Gasteiger charge is 2.34. The summed E-state index contributed by atoms with van der Waals surface area (Å²) in [7, 11) is 0. The molecule has 1 aromatic rings. The van der Waals surface area contributed by atoms with Crippen LogP contribution in [-0.4, -0.2) is 23.5 Å². The molecule has 0 amide bonds. The van der Waals surface area contributed by atoms with E-state index in [4.69, 9.17) is 0 Å². The lowest BCUT2D eigenvalue weighted by molar-refractivity contribution is 0.0470. The summed E-state index contributed by atoms with van der Waals surface area (Å²) in [5.41, 5.74) is 1.80. The van der Waals surface area contributed by atoms with E-state index < -0.39 is 0 Å². The standard InChI is InChI=1S/C13H18BrN/c1-13(2,3)15-8-11(9-15)10-4-6-12(14)7-5-10/h4-7,11H,8-9H2,1-3H3. The molecule has 1 aromatic carbocycles. The smallest absolute Gasteiger partial charge is 0.0175 e. The molecule has 0 N–H and O–H groups in total. The molecule has 0 atom stereocenters. The summed E-state index contributed by atoms with van der Waals surface area (Å²) in [6, 6.07) is 8.73. The zero-order chi connectivity index (χ0) is 11.1. The van der Waals surface area contributed by atoms with Crippen LogP contribution in [0.2, 0.25) is 0 Å². The number of halogens is 1. The van der Waals surface area contributed by atoms with Crippen molar-refractivity contribution in [3.8, 4) is 0 Å². The highest BCUT2D eigenvalue weighted by molar-refractivity contribution is 9.10. The van der Waals surface area contributed by atoms with E-state index in [1.165, 1.54) is 23.1 Å². The van der Waals surface area contributed by atoms with Gasteiger partial charge in [0.15, 0.2) is 0 Å². The summed E-state index contributed by atoms with van der Waals surface area (Å²) in [5.74, 6) is 0.734. The van der Waals surface area contributed by atoms with Crippen molar-refractivity contribution in [2.45, 2.75) is 32.2 Å². The van der Waals surface area contributed by atoms with Crippen LogP contribution >= 0.6 is 15.9 Å². The van der Waals surface area contributed by atoms with Gasteiger partial charge in [0.25, 0.3) is 0 Å². The van der Waals surface area contributed by atoms with Gasteiger partial charge in [-0.25, -0.2) is 0 Å². The van der Waals surface area contributed by atoms with Gasteiger partial charge in [-0.3, -0.25) is 4.90 Å². The first kappa shape index (κ1) is 11.2. The Kier molecular flexibility index (Phi) is 2.91. The lowest BCUT2D eigenvalue weighted by Gasteiger charge is -2.48. The van der Waals surface area contributed by atoms with E-state index in [9.17, 15) is 0 Å². The van der Waals surface area contributed by atoms with Crippen molar-refractivity contribution < 1.29 is 0 Å². The zero-order valence-corrected chi connectivity index (χ0v) is 11.2. The molecule has 0 unspecified atom stereocenters. The van der Waals surface area contributed by atoms with Crippen LogP contribution in [0.5, 0.6) is 0 Å². The second kappa shape index (κ2) is 3.91. The Morgan fingerprint density at radius 3 is 2.13 bits per heavy atom. The molecule has 1 nitrogen and oxygen atoms in total. The van der Waals surface area contributed by atoms with Gasteiger partial charge in [0.1, 0.15) is 0 Å². The molecule has 2 heteroatoms. The second-order valence-corrected chi connectivity index (χ2v) is 6.24. The van der Waals surface area contributed by atoms with E-state index in [0.29, 0.717) is 5.54 Å². The molecule has 0 saturated carbocycles. The first-order valence-electron chi connectivity index (χ1n) is 5.47. The Hall–Kier alpha value is -0.340. The first-order valence-corrected chi connectivity index (χ1v) is 6.26. The fraction of sp³-hybridized carbons (Fsp3) is 0.538. The van der Waals surface area contributed by atoms with E-state index in [1.807, 2.05) is 0 Å². The van der Waals surface area contributed by atoms with Crippen LogP contribution in [0.25, 0.3) is 0 Å². The molecule has 1 saturated heterocycles. The molecule has 0 aliphatic carbocycles. The molecule has 1 fully saturated rings. The van der Waals surface area contributed by atoms with Crippen molar-refractivity contribution in [1.82, 2.24) is 4.90 Å². The molecular formula is C13H18BrN. The van der Waals surface area contributed by atoms with Crippen LogP contribution in [0.1, 0.15) is 32.3 Å². The van der Waals surface area contributed by atoms with Crippen molar-refractivity contribution in [3.05, 3.63) is 34.3 Å². The van der Waals surface area contributed by atoms with Crippen LogP contribution < -0.4 is 0 Å². The first-order chi connectivity index (χ1) is 6.97. The lowest BCUT2D eigenvalue weighted by Crippen LogP contribution is -2.54. The van der Waals surface area contributed by atoms with Gasteiger partial charge in [0.2, 0.25) is 0 Å². The van der Waals surface area contributed by atoms with Crippen molar-refractivity contribution in [1.29, 1.82) is 0 Å². The molecular weight excluding hydrogens is 250 g/mol. The summed E-state index contributed by atoms with van der Waals surface area (Å²) in [6.07, 6.45) is 0. The van der Waals surface area contributed by atoms with E-state index in [2.05, 4.69) is 65.9 Å². The van der Waals surface area contributed by atoms with Gasteiger partial charge < -0.3 is 0 Å². The number of rotatable bonds is 1. The van der Waals surface area contributed by atoms with Gasteiger partial charge in [0, 0.05) is 29.0 Å². The van der Waals surface area contributed by atoms with Gasteiger partial charge in [0.05, 0.1) is 0 Å². The maximum Gasteiger partial charge on any atom is 0.0175 e. The third kappa shape index (κ3) is 2.43. The van der Waals surface area contributed by atoms with Crippen molar-refractivity contribution in [2.75, 3.05) is 13.1 Å². The monoisotopic (exact) mass is 267 g/mol. The Labute approximate surface area is 101 Å². The third-order valence-corrected chi connectivity index (χ3v) is 3.70. The van der Waals surface area contributed by atoms with Gasteiger partial charge >= 0.3 is 0 Å². The molecule has 1 heterocycles. The van der Waals surface area contributed by atoms with Crippen molar-refractivity contribution in [3.63, 3.8) is 0 Å². The van der Waals surface area contributed by atoms with Gasteiger partial charge in [-0.05, 0) is 38.5 Å². The predicted octanol–water partition coefficient (Wildman–Crippen LogP) is 3.65. The minimum atomic E-state index is 0.325. The number of hydrogen-bond donors (Lipinski definition) is 0. The minimum absolute atomic E-state index is 0.325. The molecule has 0 spiro atoms. The average Bonchev–Trinajstić information content (AvgIpc) is 2.03. The SMILES string of the molecule is CC(C)(C)N1CC(c2ccc(Br)cc2)C1. The van der Waals surface area contributed by atoms with E-state index >= 15 is 0 Å². The lowest BCUT2D eigenvalue weighted by atomic mass is 9.87. The van der Waals surface area contributed by atoms with Crippen LogP contribution in [0.15, 0.2) is 28.7 Å². The number of hydrogen-bond acceptors (Lipinski definition) is 1. The molecule has 15 heavy (non-hydrogen) atoms. The van der Waals surface area contributed by atoms with Gasteiger partial charge in [-0.15, -0.1) is 0 Å².